The fourth-order valence-corrected chi connectivity index (χ4v) is 2.26. The fourth-order valence-electron chi connectivity index (χ4n) is 1.12. The van der Waals surface area contributed by atoms with Crippen molar-refractivity contribution < 1.29 is 18.1 Å². The van der Waals surface area contributed by atoms with Crippen molar-refractivity contribution >= 4 is 22.0 Å². The first-order valence-corrected chi connectivity index (χ1v) is 6.54. The van der Waals surface area contributed by atoms with Gasteiger partial charge < -0.3 is 4.79 Å². The maximum atomic E-state index is 11.7. The van der Waals surface area contributed by atoms with Crippen LogP contribution in [-0.2, 0) is 14.8 Å². The molecule has 0 saturated carbocycles. The third-order valence-corrected chi connectivity index (χ3v) is 3.62. The number of hydrogen-bond acceptors (Lipinski definition) is 5. The molecular formula is C10H12N2O5S. The maximum absolute atomic E-state index is 11.7. The molecule has 1 aromatic carbocycles. The molecule has 0 aromatic heterocycles. The Kier molecular flexibility index (Phi) is 4.51. The van der Waals surface area contributed by atoms with Gasteiger partial charge in [0.25, 0.3) is 5.69 Å². The van der Waals surface area contributed by atoms with E-state index in [2.05, 4.69) is 4.72 Å². The van der Waals surface area contributed by atoms with Crippen molar-refractivity contribution in [3.8, 4) is 0 Å². The average Bonchev–Trinajstić information content (AvgIpc) is 2.36. The zero-order valence-corrected chi connectivity index (χ0v) is 10.4. The van der Waals surface area contributed by atoms with E-state index in [1.54, 1.807) is 6.92 Å². The Morgan fingerprint density at radius 1 is 1.39 bits per heavy atom. The van der Waals surface area contributed by atoms with E-state index in [0.29, 0.717) is 6.29 Å². The summed E-state index contributed by atoms with van der Waals surface area (Å²) >= 11 is 0. The summed E-state index contributed by atoms with van der Waals surface area (Å²) in [5, 5.41) is 10.4. The first kappa shape index (κ1) is 14.3. The minimum absolute atomic E-state index is 0.0111. The van der Waals surface area contributed by atoms with Gasteiger partial charge in [-0.05, 0) is 12.1 Å². The van der Waals surface area contributed by atoms with E-state index in [9.17, 15) is 23.3 Å². The number of non-ortho nitro benzene ring substituents is 1. The quantitative estimate of drug-likeness (QED) is 0.466. The summed E-state index contributed by atoms with van der Waals surface area (Å²) in [5.41, 5.74) is -0.185. The van der Waals surface area contributed by atoms with Gasteiger partial charge in [-0.3, -0.25) is 10.1 Å². The highest BCUT2D eigenvalue weighted by Crippen LogP contribution is 2.15. The summed E-state index contributed by atoms with van der Waals surface area (Å²) < 4.78 is 25.7. The zero-order valence-electron chi connectivity index (χ0n) is 9.57. The Bertz CT molecular complexity index is 538. The van der Waals surface area contributed by atoms with E-state index in [1.165, 1.54) is 0 Å². The Morgan fingerprint density at radius 3 is 2.39 bits per heavy atom. The normalized spacial score (nSPS) is 12.9. The van der Waals surface area contributed by atoms with Gasteiger partial charge in [-0.1, -0.05) is 6.92 Å². The second-order valence-electron chi connectivity index (χ2n) is 3.72. The van der Waals surface area contributed by atoms with Crippen molar-refractivity contribution in [2.24, 2.45) is 5.92 Å². The highest BCUT2D eigenvalue weighted by atomic mass is 32.2. The van der Waals surface area contributed by atoms with Crippen LogP contribution < -0.4 is 4.72 Å². The number of sulfonamides is 1. The number of benzene rings is 1. The molecule has 1 unspecified atom stereocenters. The average molecular weight is 272 g/mol. The minimum atomic E-state index is -3.74. The number of carbonyl (C=O) groups is 1. The van der Waals surface area contributed by atoms with Gasteiger partial charge in [-0.15, -0.1) is 0 Å². The number of nitrogens with one attached hydrogen (secondary N) is 1. The number of rotatable bonds is 6. The van der Waals surface area contributed by atoms with Crippen molar-refractivity contribution in [1.29, 1.82) is 0 Å². The Morgan fingerprint density at radius 2 is 1.94 bits per heavy atom. The van der Waals surface area contributed by atoms with Gasteiger partial charge in [0.1, 0.15) is 6.29 Å². The number of nitro benzene ring substituents is 1. The predicted molar refractivity (Wildman–Crippen MR) is 63.5 cm³/mol. The van der Waals surface area contributed by atoms with Crippen LogP contribution in [0.25, 0.3) is 0 Å². The molecule has 0 radical (unpaired) electrons. The van der Waals surface area contributed by atoms with E-state index < -0.39 is 20.9 Å². The van der Waals surface area contributed by atoms with Gasteiger partial charge >= 0.3 is 0 Å². The van der Waals surface area contributed by atoms with Crippen LogP contribution >= 0.6 is 0 Å². The van der Waals surface area contributed by atoms with Gasteiger partial charge in [0.15, 0.2) is 0 Å². The number of hydrogen-bond donors (Lipinski definition) is 1. The van der Waals surface area contributed by atoms with E-state index in [-0.39, 0.29) is 17.1 Å². The number of nitrogens with zero attached hydrogens (tertiary/aromatic N) is 1. The molecule has 0 fully saturated rings. The van der Waals surface area contributed by atoms with Crippen LogP contribution in [0.3, 0.4) is 0 Å². The van der Waals surface area contributed by atoms with Crippen LogP contribution in [0.4, 0.5) is 5.69 Å². The maximum Gasteiger partial charge on any atom is 0.269 e. The third-order valence-electron chi connectivity index (χ3n) is 2.19. The van der Waals surface area contributed by atoms with Crippen LogP contribution in [0.2, 0.25) is 0 Å². The second kappa shape index (κ2) is 5.69. The summed E-state index contributed by atoms with van der Waals surface area (Å²) in [6, 6.07) is 4.51. The molecular weight excluding hydrogens is 260 g/mol. The van der Waals surface area contributed by atoms with Crippen molar-refractivity contribution in [2.75, 3.05) is 6.54 Å². The van der Waals surface area contributed by atoms with Crippen molar-refractivity contribution in [3.63, 3.8) is 0 Å². The molecule has 0 heterocycles. The third kappa shape index (κ3) is 3.60. The van der Waals surface area contributed by atoms with E-state index in [1.807, 2.05) is 0 Å². The van der Waals surface area contributed by atoms with Gasteiger partial charge in [0.2, 0.25) is 10.0 Å². The zero-order chi connectivity index (χ0) is 13.8. The number of carbonyl (C=O) groups excluding carboxylic acids is 1. The molecule has 0 saturated heterocycles. The lowest BCUT2D eigenvalue weighted by molar-refractivity contribution is -0.384. The predicted octanol–water partition coefficient (Wildman–Crippen LogP) is 0.708. The van der Waals surface area contributed by atoms with Gasteiger partial charge in [0, 0.05) is 24.6 Å². The van der Waals surface area contributed by atoms with E-state index in [4.69, 9.17) is 0 Å². The molecule has 7 nitrogen and oxygen atoms in total. The number of aldehydes is 1. The van der Waals surface area contributed by atoms with Gasteiger partial charge in [0.05, 0.1) is 9.82 Å². The molecule has 1 N–H and O–H groups in total. The van der Waals surface area contributed by atoms with Crippen LogP contribution in [0.15, 0.2) is 29.2 Å². The molecule has 1 rings (SSSR count). The summed E-state index contributed by atoms with van der Waals surface area (Å²) in [5.74, 6) is -0.433. The van der Waals surface area contributed by atoms with E-state index >= 15 is 0 Å². The molecule has 0 bridgehead atoms. The summed E-state index contributed by atoms with van der Waals surface area (Å²) in [6.45, 7) is 1.56. The lowest BCUT2D eigenvalue weighted by Crippen LogP contribution is -2.28. The summed E-state index contributed by atoms with van der Waals surface area (Å²) in [7, 11) is -3.74. The molecule has 0 aliphatic carbocycles. The van der Waals surface area contributed by atoms with Crippen molar-refractivity contribution in [3.05, 3.63) is 34.4 Å². The molecule has 98 valence electrons. The summed E-state index contributed by atoms with van der Waals surface area (Å²) in [4.78, 5) is 20.1. The standard InChI is InChI=1S/C10H12N2O5S/c1-8(7-13)6-11-18(16,17)10-4-2-9(3-5-10)12(14)15/h2-5,7-8,11H,6H2,1H3. The molecule has 8 heteroatoms. The van der Waals surface area contributed by atoms with Crippen LogP contribution in [-0.4, -0.2) is 26.2 Å². The molecule has 18 heavy (non-hydrogen) atoms. The van der Waals surface area contributed by atoms with Crippen LogP contribution in [0.1, 0.15) is 6.92 Å². The van der Waals surface area contributed by atoms with Crippen LogP contribution in [0.5, 0.6) is 0 Å². The highest BCUT2D eigenvalue weighted by Gasteiger charge is 2.16. The topological polar surface area (TPSA) is 106 Å². The molecule has 0 aliphatic rings. The first-order valence-electron chi connectivity index (χ1n) is 5.06. The summed E-state index contributed by atoms with van der Waals surface area (Å²) in [6.07, 6.45) is 0.637. The lowest BCUT2D eigenvalue weighted by atomic mass is 10.2. The smallest absolute Gasteiger partial charge is 0.269 e. The highest BCUT2D eigenvalue weighted by molar-refractivity contribution is 7.89. The molecule has 1 atom stereocenters. The SMILES string of the molecule is CC(C=O)CNS(=O)(=O)c1ccc([N+](=O)[O-])cc1. The van der Waals surface area contributed by atoms with Gasteiger partial charge in [-0.2, -0.15) is 0 Å². The monoisotopic (exact) mass is 272 g/mol. The lowest BCUT2D eigenvalue weighted by Gasteiger charge is -2.07. The first-order chi connectivity index (χ1) is 8.36. The molecule has 0 spiro atoms. The van der Waals surface area contributed by atoms with Gasteiger partial charge in [-0.25, -0.2) is 13.1 Å². The van der Waals surface area contributed by atoms with Crippen molar-refractivity contribution in [1.82, 2.24) is 4.72 Å². The molecule has 0 aliphatic heterocycles. The molecule has 1 aromatic rings. The minimum Gasteiger partial charge on any atom is -0.303 e. The Balaban J connectivity index is 2.85. The largest absolute Gasteiger partial charge is 0.303 e. The molecule has 0 amide bonds. The second-order valence-corrected chi connectivity index (χ2v) is 5.48. The van der Waals surface area contributed by atoms with E-state index in [0.717, 1.165) is 24.3 Å². The fraction of sp³-hybridized carbons (Fsp3) is 0.300. The van der Waals surface area contributed by atoms with Crippen molar-refractivity contribution in [2.45, 2.75) is 11.8 Å². The number of nitro groups is 1. The Hall–Kier alpha value is -1.80. The van der Waals surface area contributed by atoms with Crippen LogP contribution in [0, 0.1) is 16.0 Å². The Labute approximate surface area is 104 Å².